The molecule has 0 rings (SSSR count). The molecular weight excluding hydrogens is 102 g/mol. The van der Waals surface area contributed by atoms with E-state index in [0.717, 1.165) is 12.8 Å². The smallest absolute Gasteiger partial charge is 0.0836 e. The van der Waals surface area contributed by atoms with Crippen LogP contribution in [-0.2, 0) is 5.11 Å². The van der Waals surface area contributed by atoms with E-state index in [4.69, 9.17) is 0 Å². The van der Waals surface area contributed by atoms with Gasteiger partial charge in [-0.2, -0.15) is 0 Å². The van der Waals surface area contributed by atoms with Crippen LogP contribution >= 0.6 is 0 Å². The van der Waals surface area contributed by atoms with Crippen LogP contribution in [0, 0.1) is 6.92 Å². The van der Waals surface area contributed by atoms with Gasteiger partial charge in [0, 0.05) is 0 Å². The van der Waals surface area contributed by atoms with Gasteiger partial charge in [-0.1, -0.05) is 6.58 Å². The molecule has 45 valence electrons. The molecule has 0 unspecified atom stereocenters. The number of nitrogens with zero attached hydrogens (tertiary/aromatic N) is 1. The van der Waals surface area contributed by atoms with Gasteiger partial charge < -0.3 is 10.4 Å². The Bertz CT molecular complexity index is 70.9. The highest BCUT2D eigenvalue weighted by Gasteiger charge is 1.77. The zero-order valence-electron chi connectivity index (χ0n) is 4.89. The lowest BCUT2D eigenvalue weighted by Crippen LogP contribution is -1.82. The molecule has 0 saturated heterocycles. The van der Waals surface area contributed by atoms with E-state index < -0.39 is 0 Å². The van der Waals surface area contributed by atoms with Crippen LogP contribution < -0.4 is 0 Å². The maximum absolute atomic E-state index is 10.0. The molecule has 0 bridgehead atoms. The second-order valence-electron chi connectivity index (χ2n) is 1.48. The molecule has 0 fully saturated rings. The van der Waals surface area contributed by atoms with Crippen molar-refractivity contribution in [2.24, 2.45) is 0 Å². The molecule has 1 radical (unpaired) electrons. The number of hydrogen-bond donors (Lipinski definition) is 0. The standard InChI is InChI=1S/C6H10NO/c1-3-4-5-7-6(2)8/h1-5H2. The molecule has 0 aliphatic heterocycles. The van der Waals surface area contributed by atoms with Crippen LogP contribution in [0.3, 0.4) is 0 Å². The molecule has 0 spiro atoms. The van der Waals surface area contributed by atoms with Crippen LogP contribution in [0.4, 0.5) is 0 Å². The third-order valence-corrected chi connectivity index (χ3v) is 0.696. The third-order valence-electron chi connectivity index (χ3n) is 0.696. The Labute approximate surface area is 50.2 Å². The van der Waals surface area contributed by atoms with Crippen molar-refractivity contribution in [3.05, 3.63) is 24.7 Å². The molecule has 0 N–H and O–H groups in total. The molecule has 8 heavy (non-hydrogen) atoms. The average Bonchev–Trinajstić information content (AvgIpc) is 1.66. The Morgan fingerprint density at radius 3 is 2.75 bits per heavy atom. The molecular formula is C6H10NO. The van der Waals surface area contributed by atoms with Crippen molar-refractivity contribution >= 4 is 0 Å². The van der Waals surface area contributed by atoms with E-state index in [1.54, 1.807) is 0 Å². The van der Waals surface area contributed by atoms with Crippen molar-refractivity contribution in [1.82, 2.24) is 0 Å². The van der Waals surface area contributed by atoms with Crippen LogP contribution in [-0.4, -0.2) is 6.54 Å². The highest BCUT2D eigenvalue weighted by molar-refractivity contribution is 5.01. The summed E-state index contributed by atoms with van der Waals surface area (Å²) in [7, 11) is 0. The minimum Gasteiger partial charge on any atom is -0.650 e. The molecule has 0 aromatic carbocycles. The Balaban J connectivity index is 2.82. The summed E-state index contributed by atoms with van der Waals surface area (Å²) in [6.45, 7) is 7.25. The summed E-state index contributed by atoms with van der Waals surface area (Å²) in [6.07, 6.45) is 1.71. The lowest BCUT2D eigenvalue weighted by Gasteiger charge is -2.12. The van der Waals surface area contributed by atoms with E-state index >= 15 is 0 Å². The second kappa shape index (κ2) is 4.37. The molecule has 0 aliphatic carbocycles. The molecule has 0 amide bonds. The molecule has 0 saturated carbocycles. The monoisotopic (exact) mass is 112 g/mol. The fourth-order valence-corrected chi connectivity index (χ4v) is 0.316. The lowest BCUT2D eigenvalue weighted by molar-refractivity contribution is 0.309. The quantitative estimate of drug-likeness (QED) is 0.302. The summed E-state index contributed by atoms with van der Waals surface area (Å²) < 4.78 is 0. The van der Waals surface area contributed by atoms with Gasteiger partial charge in [0.15, 0.2) is 0 Å². The second-order valence-corrected chi connectivity index (χ2v) is 1.48. The zero-order valence-corrected chi connectivity index (χ0v) is 4.89. The summed E-state index contributed by atoms with van der Waals surface area (Å²) in [5.41, 5.74) is 0. The van der Waals surface area contributed by atoms with Crippen LogP contribution in [0.2, 0.25) is 0 Å². The maximum Gasteiger partial charge on any atom is 0.0836 e. The Hall–Kier alpha value is -0.790. The molecule has 0 atom stereocenters. The first-order chi connectivity index (χ1) is 3.77. The normalized spacial score (nSPS) is 8.50. The topological polar surface area (TPSA) is 34.0 Å². The first-order valence-corrected chi connectivity index (χ1v) is 2.60. The number of unbranched alkanes of at least 4 members (excludes halogenated alkanes) is 1. The predicted molar refractivity (Wildman–Crippen MR) is 32.6 cm³/mol. The molecule has 0 heterocycles. The predicted octanol–water partition coefficient (Wildman–Crippen LogP) is 1.88. The molecule has 2 nitrogen and oxygen atoms in total. The maximum atomic E-state index is 10.0. The fraction of sp³-hybridized carbons (Fsp3) is 0.500. The Morgan fingerprint density at radius 1 is 1.75 bits per heavy atom. The van der Waals surface area contributed by atoms with E-state index in [1.165, 1.54) is 0 Å². The SMILES string of the molecule is C=C([O])[N-]CCC[CH2+]. The van der Waals surface area contributed by atoms with Gasteiger partial charge in [0.2, 0.25) is 0 Å². The van der Waals surface area contributed by atoms with Crippen molar-refractivity contribution in [3.63, 3.8) is 0 Å². The van der Waals surface area contributed by atoms with Crippen LogP contribution in [0.25, 0.3) is 5.32 Å². The Kier molecular flexibility index (Phi) is 3.94. The largest absolute Gasteiger partial charge is 0.650 e. The van der Waals surface area contributed by atoms with Crippen molar-refractivity contribution in [2.75, 3.05) is 6.54 Å². The van der Waals surface area contributed by atoms with E-state index in [9.17, 15) is 5.11 Å². The van der Waals surface area contributed by atoms with E-state index in [-0.39, 0.29) is 5.88 Å². The summed E-state index contributed by atoms with van der Waals surface area (Å²) in [4.78, 5) is 0. The summed E-state index contributed by atoms with van der Waals surface area (Å²) in [5.74, 6) is -0.335. The van der Waals surface area contributed by atoms with Crippen molar-refractivity contribution in [2.45, 2.75) is 12.8 Å². The minimum absolute atomic E-state index is 0.335. The number of hydrogen-bond acceptors (Lipinski definition) is 0. The van der Waals surface area contributed by atoms with Gasteiger partial charge in [0.25, 0.3) is 0 Å². The first-order valence-electron chi connectivity index (χ1n) is 2.60. The molecule has 2 heteroatoms. The van der Waals surface area contributed by atoms with Gasteiger partial charge in [-0.3, -0.25) is 0 Å². The summed E-state index contributed by atoms with van der Waals surface area (Å²) >= 11 is 0. The van der Waals surface area contributed by atoms with Gasteiger partial charge in [-0.05, 0) is 6.42 Å². The van der Waals surface area contributed by atoms with Crippen molar-refractivity contribution in [3.8, 4) is 0 Å². The summed E-state index contributed by atoms with van der Waals surface area (Å²) in [5, 5.41) is 13.5. The van der Waals surface area contributed by atoms with Crippen molar-refractivity contribution < 1.29 is 5.11 Å². The van der Waals surface area contributed by atoms with Crippen LogP contribution in [0.5, 0.6) is 0 Å². The van der Waals surface area contributed by atoms with Gasteiger partial charge in [-0.25, -0.2) is 0 Å². The fourth-order valence-electron chi connectivity index (χ4n) is 0.316. The minimum atomic E-state index is -0.335. The van der Waals surface area contributed by atoms with Crippen molar-refractivity contribution in [1.29, 1.82) is 0 Å². The average molecular weight is 112 g/mol. The lowest BCUT2D eigenvalue weighted by atomic mass is 10.3. The summed E-state index contributed by atoms with van der Waals surface area (Å²) in [6, 6.07) is 0. The van der Waals surface area contributed by atoms with Gasteiger partial charge in [-0.15, -0.1) is 6.54 Å². The number of rotatable bonds is 4. The van der Waals surface area contributed by atoms with Gasteiger partial charge in [0.05, 0.1) is 19.2 Å². The third kappa shape index (κ3) is 5.21. The molecule has 0 aromatic rings. The first kappa shape index (κ1) is 7.21. The van der Waals surface area contributed by atoms with E-state index in [1.807, 2.05) is 0 Å². The van der Waals surface area contributed by atoms with Gasteiger partial charge in [0.1, 0.15) is 0 Å². The van der Waals surface area contributed by atoms with Crippen LogP contribution in [0.15, 0.2) is 12.5 Å². The molecule has 0 aliphatic rings. The highest BCUT2D eigenvalue weighted by atomic mass is 16.3. The van der Waals surface area contributed by atoms with Gasteiger partial charge >= 0.3 is 0 Å². The Morgan fingerprint density at radius 2 is 2.38 bits per heavy atom. The zero-order chi connectivity index (χ0) is 6.41. The van der Waals surface area contributed by atoms with E-state index in [2.05, 4.69) is 18.8 Å². The van der Waals surface area contributed by atoms with E-state index in [0.29, 0.717) is 6.54 Å². The highest BCUT2D eigenvalue weighted by Crippen LogP contribution is 1.99. The molecule has 0 aromatic heterocycles. The van der Waals surface area contributed by atoms with Crippen LogP contribution in [0.1, 0.15) is 12.8 Å².